The van der Waals surface area contributed by atoms with Crippen LogP contribution in [0.25, 0.3) is 10.2 Å². The molecule has 3 aromatic rings. The normalized spacial score (nSPS) is 26.6. The number of nitrogens with zero attached hydrogens (tertiary/aromatic N) is 6. The second-order valence-corrected chi connectivity index (χ2v) is 13.6. The summed E-state index contributed by atoms with van der Waals surface area (Å²) in [6.07, 6.45) is 2.12. The highest BCUT2D eigenvalue weighted by molar-refractivity contribution is 7.89. The number of H-pyrrole nitrogens is 1. The van der Waals surface area contributed by atoms with Crippen molar-refractivity contribution in [3.8, 4) is 6.07 Å². The van der Waals surface area contributed by atoms with E-state index in [4.69, 9.17) is 15.2 Å². The zero-order chi connectivity index (χ0) is 25.2. The van der Waals surface area contributed by atoms with Crippen LogP contribution in [0.4, 0.5) is 17.6 Å². The number of piperidine rings is 1. The van der Waals surface area contributed by atoms with Crippen molar-refractivity contribution >= 4 is 49.2 Å². The third-order valence-corrected chi connectivity index (χ3v) is 10.8. The summed E-state index contributed by atoms with van der Waals surface area (Å²) < 4.78 is 28.0. The number of thiophene rings is 1. The van der Waals surface area contributed by atoms with Crippen LogP contribution < -0.4 is 15.5 Å². The highest BCUT2D eigenvalue weighted by Gasteiger charge is 2.51. The van der Waals surface area contributed by atoms with Gasteiger partial charge in [0.25, 0.3) is 0 Å². The Morgan fingerprint density at radius 1 is 1.22 bits per heavy atom. The first-order chi connectivity index (χ1) is 17.2. The first-order valence-electron chi connectivity index (χ1n) is 12.2. The number of aromatic amines is 1. The van der Waals surface area contributed by atoms with Gasteiger partial charge in [0.2, 0.25) is 16.0 Å². The largest absolute Gasteiger partial charge is 0.341 e. The summed E-state index contributed by atoms with van der Waals surface area (Å²) in [4.78, 5) is 13.9. The number of aromatic nitrogens is 4. The summed E-state index contributed by atoms with van der Waals surface area (Å²) in [5, 5.41) is 23.7. The van der Waals surface area contributed by atoms with Crippen LogP contribution in [0.1, 0.15) is 29.8 Å². The predicted octanol–water partition coefficient (Wildman–Crippen LogP) is 2.26. The van der Waals surface area contributed by atoms with Gasteiger partial charge in [-0.3, -0.25) is 5.10 Å². The van der Waals surface area contributed by atoms with E-state index in [0.29, 0.717) is 43.5 Å². The Morgan fingerprint density at radius 3 is 2.75 bits per heavy atom. The summed E-state index contributed by atoms with van der Waals surface area (Å²) in [5.41, 5.74) is 0.956. The van der Waals surface area contributed by atoms with Crippen molar-refractivity contribution in [1.29, 1.82) is 5.26 Å². The predicted molar refractivity (Wildman–Crippen MR) is 139 cm³/mol. The van der Waals surface area contributed by atoms with E-state index < -0.39 is 15.3 Å². The van der Waals surface area contributed by atoms with E-state index in [0.717, 1.165) is 27.2 Å². The van der Waals surface area contributed by atoms with E-state index >= 15 is 0 Å². The lowest BCUT2D eigenvalue weighted by Gasteiger charge is -2.38. The van der Waals surface area contributed by atoms with Crippen molar-refractivity contribution in [2.24, 2.45) is 5.92 Å². The van der Waals surface area contributed by atoms with Gasteiger partial charge >= 0.3 is 0 Å². The van der Waals surface area contributed by atoms with Crippen LogP contribution in [0.15, 0.2) is 12.1 Å². The maximum atomic E-state index is 13.3. The molecule has 3 aromatic heterocycles. The lowest BCUT2D eigenvalue weighted by molar-refractivity contribution is 0.244. The highest BCUT2D eigenvalue weighted by Crippen LogP contribution is 2.38. The van der Waals surface area contributed by atoms with Gasteiger partial charge in [0.15, 0.2) is 5.82 Å². The number of aryl methyl sites for hydroxylation is 2. The summed E-state index contributed by atoms with van der Waals surface area (Å²) in [7, 11) is -1.43. The Labute approximate surface area is 214 Å². The molecule has 2 bridgehead atoms. The van der Waals surface area contributed by atoms with Crippen molar-refractivity contribution in [2.75, 3.05) is 30.4 Å². The molecule has 6 heterocycles. The second-order valence-electron chi connectivity index (χ2n) is 10.2. The molecule has 190 valence electrons. The number of fused-ring (bicyclic) bond motifs is 3. The molecule has 0 saturated carbocycles. The van der Waals surface area contributed by atoms with Crippen molar-refractivity contribution in [2.45, 2.75) is 56.5 Å². The number of hydrogen-bond acceptors (Lipinski definition) is 10. The number of sulfonamides is 1. The summed E-state index contributed by atoms with van der Waals surface area (Å²) in [6, 6.07) is 6.29. The first kappa shape index (κ1) is 23.6. The van der Waals surface area contributed by atoms with E-state index in [1.807, 2.05) is 20.0 Å². The minimum Gasteiger partial charge on any atom is -0.341 e. The van der Waals surface area contributed by atoms with Gasteiger partial charge in [0.1, 0.15) is 10.6 Å². The van der Waals surface area contributed by atoms with Crippen LogP contribution in [0.5, 0.6) is 0 Å². The number of hydrogen-bond donors (Lipinski definition) is 3. The molecule has 0 aromatic carbocycles. The van der Waals surface area contributed by atoms with Gasteiger partial charge in [-0.05, 0) is 39.2 Å². The highest BCUT2D eigenvalue weighted by atomic mass is 32.2. The molecule has 0 aliphatic carbocycles. The smallest absolute Gasteiger partial charge is 0.228 e. The molecular weight excluding hydrogens is 498 g/mol. The molecule has 0 unspecified atom stereocenters. The molecule has 3 N–H and O–H groups in total. The topological polar surface area (TPSA) is 143 Å². The van der Waals surface area contributed by atoms with Crippen LogP contribution in [0.3, 0.4) is 0 Å². The molecule has 3 saturated heterocycles. The van der Waals surface area contributed by atoms with E-state index in [9.17, 15) is 8.42 Å². The molecule has 0 radical (unpaired) electrons. The lowest BCUT2D eigenvalue weighted by atomic mass is 9.99. The molecule has 11 nitrogen and oxygen atoms in total. The van der Waals surface area contributed by atoms with E-state index in [1.54, 1.807) is 11.3 Å². The van der Waals surface area contributed by atoms with Crippen LogP contribution in [0.2, 0.25) is 0 Å². The van der Waals surface area contributed by atoms with Gasteiger partial charge in [-0.1, -0.05) is 0 Å². The monoisotopic (exact) mass is 527 g/mol. The lowest BCUT2D eigenvalue weighted by Crippen LogP contribution is -2.55. The minimum absolute atomic E-state index is 0.115. The van der Waals surface area contributed by atoms with Gasteiger partial charge in [-0.2, -0.15) is 19.6 Å². The van der Waals surface area contributed by atoms with Crippen LogP contribution in [0, 0.1) is 31.1 Å². The molecular formula is C23H29N9O2S2. The average molecular weight is 528 g/mol. The van der Waals surface area contributed by atoms with E-state index in [-0.39, 0.29) is 24.0 Å². The fourth-order valence-corrected chi connectivity index (χ4v) is 8.75. The maximum absolute atomic E-state index is 13.3. The summed E-state index contributed by atoms with van der Waals surface area (Å²) in [5.74, 6) is 1.83. The van der Waals surface area contributed by atoms with Crippen molar-refractivity contribution in [3.05, 3.63) is 22.7 Å². The summed E-state index contributed by atoms with van der Waals surface area (Å²) in [6.45, 7) is 4.63. The van der Waals surface area contributed by atoms with E-state index in [1.165, 1.54) is 4.31 Å². The SMILES string of the molecule is Cc1cc(Nc2nc(N(C)[C@@H]3C[C@H]4C[C@@H](S(=O)(=O)N5CC(C#N)C5)[C@@H](C3)N4)nc3sc(C)cc23)n[nH]1. The van der Waals surface area contributed by atoms with Gasteiger partial charge in [-0.15, -0.1) is 11.3 Å². The third kappa shape index (κ3) is 4.02. The van der Waals surface area contributed by atoms with Crippen LogP contribution in [-0.4, -0.2) is 76.4 Å². The minimum atomic E-state index is -3.43. The Morgan fingerprint density at radius 2 is 2.03 bits per heavy atom. The third-order valence-electron chi connectivity index (χ3n) is 7.59. The molecule has 4 atom stereocenters. The van der Waals surface area contributed by atoms with Crippen molar-refractivity contribution in [3.63, 3.8) is 0 Å². The zero-order valence-electron chi connectivity index (χ0n) is 20.4. The van der Waals surface area contributed by atoms with Crippen LogP contribution in [-0.2, 0) is 10.0 Å². The number of nitriles is 1. The van der Waals surface area contributed by atoms with Crippen molar-refractivity contribution in [1.82, 2.24) is 29.8 Å². The molecule has 0 amide bonds. The average Bonchev–Trinajstić information content (AvgIpc) is 3.48. The Kier molecular flexibility index (Phi) is 5.67. The summed E-state index contributed by atoms with van der Waals surface area (Å²) >= 11 is 1.63. The second kappa shape index (κ2) is 8.65. The Bertz CT molecular complexity index is 1450. The van der Waals surface area contributed by atoms with Gasteiger partial charge < -0.3 is 15.5 Å². The molecule has 6 rings (SSSR count). The first-order valence-corrected chi connectivity index (χ1v) is 14.5. The quantitative estimate of drug-likeness (QED) is 0.440. The molecule has 3 fully saturated rings. The zero-order valence-corrected chi connectivity index (χ0v) is 22.0. The number of rotatable bonds is 6. The molecule has 36 heavy (non-hydrogen) atoms. The van der Waals surface area contributed by atoms with E-state index in [2.05, 4.69) is 44.8 Å². The molecule has 3 aliphatic rings. The van der Waals surface area contributed by atoms with Crippen LogP contribution >= 0.6 is 11.3 Å². The Hall–Kier alpha value is -2.79. The molecule has 13 heteroatoms. The number of anilines is 3. The van der Waals surface area contributed by atoms with Gasteiger partial charge in [-0.25, -0.2) is 13.4 Å². The molecule has 0 spiro atoms. The van der Waals surface area contributed by atoms with Gasteiger partial charge in [0.05, 0.1) is 22.6 Å². The van der Waals surface area contributed by atoms with Crippen molar-refractivity contribution < 1.29 is 8.42 Å². The number of nitrogens with one attached hydrogen (secondary N) is 3. The fraction of sp³-hybridized carbons (Fsp3) is 0.565. The fourth-order valence-electron chi connectivity index (χ4n) is 5.64. The van der Waals surface area contributed by atoms with Gasteiger partial charge in [0, 0.05) is 54.9 Å². The standard InChI is InChI=1S/C23H29N9O2S2/c1-12-4-20(30-29-12)26-21-17-5-13(2)35-22(17)28-23(27-21)31(3)16-6-15-7-19(18(8-16)25-15)36(33,34)32-10-14(9-24)11-32/h4-5,14-16,18-19,25H,6-8,10-11H2,1-3H3,(H2,26,27,28,29,30)/t15-,16+,18+,19+/m0/s1. The maximum Gasteiger partial charge on any atom is 0.228 e. The molecule has 3 aliphatic heterocycles. The Balaban J connectivity index is 1.24.